The van der Waals surface area contributed by atoms with Crippen LogP contribution in [0.3, 0.4) is 0 Å². The first-order chi connectivity index (χ1) is 15.0. The number of rotatable bonds is 8. The van der Waals surface area contributed by atoms with Gasteiger partial charge in [-0.15, -0.1) is 0 Å². The molecule has 1 amide bonds. The van der Waals surface area contributed by atoms with Gasteiger partial charge in [-0.3, -0.25) is 9.69 Å². The van der Waals surface area contributed by atoms with Gasteiger partial charge in [-0.2, -0.15) is 9.97 Å². The van der Waals surface area contributed by atoms with Crippen LogP contribution in [0.15, 0.2) is 24.3 Å². The summed E-state index contributed by atoms with van der Waals surface area (Å²) in [6.07, 6.45) is 2.51. The second-order valence-corrected chi connectivity index (χ2v) is 8.19. The van der Waals surface area contributed by atoms with Crippen LogP contribution in [0.25, 0.3) is 0 Å². The maximum atomic E-state index is 12.3. The molecule has 9 heteroatoms. The highest BCUT2D eigenvalue weighted by Gasteiger charge is 2.27. The molecule has 0 unspecified atom stereocenters. The van der Waals surface area contributed by atoms with Gasteiger partial charge in [0.05, 0.1) is 19.3 Å². The lowest BCUT2D eigenvalue weighted by Crippen LogP contribution is -2.39. The molecule has 0 aliphatic carbocycles. The zero-order valence-electron chi connectivity index (χ0n) is 17.9. The van der Waals surface area contributed by atoms with Crippen molar-refractivity contribution in [3.05, 3.63) is 35.4 Å². The summed E-state index contributed by atoms with van der Waals surface area (Å²) in [5.41, 5.74) is 8.78. The van der Waals surface area contributed by atoms with Gasteiger partial charge in [-0.25, -0.2) is 0 Å². The minimum absolute atomic E-state index is 0.148. The van der Waals surface area contributed by atoms with Crippen molar-refractivity contribution in [1.29, 1.82) is 0 Å². The van der Waals surface area contributed by atoms with Gasteiger partial charge in [0.2, 0.25) is 5.91 Å². The summed E-state index contributed by atoms with van der Waals surface area (Å²) >= 11 is 0. The lowest BCUT2D eigenvalue weighted by molar-refractivity contribution is -0.115. The van der Waals surface area contributed by atoms with E-state index < -0.39 is 0 Å². The van der Waals surface area contributed by atoms with Gasteiger partial charge in [-0.1, -0.05) is 37.6 Å². The van der Waals surface area contributed by atoms with E-state index in [1.165, 1.54) is 5.56 Å². The van der Waals surface area contributed by atoms with Crippen molar-refractivity contribution < 1.29 is 14.6 Å². The molecule has 2 aliphatic rings. The number of fused-ring (bicyclic) bond motifs is 1. The number of nitrogen functional groups attached to an aromatic ring is 1. The first-order valence-electron chi connectivity index (χ1n) is 10.8. The fourth-order valence-corrected chi connectivity index (χ4v) is 3.98. The van der Waals surface area contributed by atoms with Crippen LogP contribution in [0.4, 0.5) is 17.3 Å². The fraction of sp³-hybridized carbons (Fsp3) is 0.500. The molecule has 1 fully saturated rings. The van der Waals surface area contributed by atoms with Crippen LogP contribution in [0, 0.1) is 0 Å². The largest absolute Gasteiger partial charge is 0.463 e. The van der Waals surface area contributed by atoms with Crippen LogP contribution in [-0.4, -0.2) is 58.2 Å². The highest BCUT2D eigenvalue weighted by Crippen LogP contribution is 2.34. The standard InChI is InChI=1S/C22H30N6O3/c1-2-3-9-31-22-25-20(23)19-21(26-22)28(14-18(30)24-19)12-16-6-4-5-15(10-16)11-27-8-7-17(29)13-27/h4-6,10,17,29H,2-3,7-9,11-14H2,1H3,(H,24,30)(H2,23,25,26)/t17-/m1/s1. The number of carbonyl (C=O) groups excluding carboxylic acids is 1. The SMILES string of the molecule is CCCCOc1nc(N)c2c(n1)N(Cc1cccc(CN3CC[C@@H](O)C3)c1)CC(=O)N2. The Balaban J connectivity index is 1.52. The Hall–Kier alpha value is -2.91. The highest BCUT2D eigenvalue weighted by atomic mass is 16.5. The molecule has 0 saturated carbocycles. The number of aromatic nitrogens is 2. The van der Waals surface area contributed by atoms with E-state index in [2.05, 4.69) is 39.2 Å². The quantitative estimate of drug-likeness (QED) is 0.547. The van der Waals surface area contributed by atoms with Gasteiger partial charge in [0, 0.05) is 26.2 Å². The first kappa shape index (κ1) is 21.3. The average Bonchev–Trinajstić information content (AvgIpc) is 3.14. The third-order valence-electron chi connectivity index (χ3n) is 5.54. The van der Waals surface area contributed by atoms with E-state index in [0.717, 1.165) is 37.9 Å². The second kappa shape index (κ2) is 9.49. The third kappa shape index (κ3) is 5.23. The third-order valence-corrected chi connectivity index (χ3v) is 5.54. The number of anilines is 3. The highest BCUT2D eigenvalue weighted by molar-refractivity contribution is 6.03. The Morgan fingerprint density at radius 1 is 1.29 bits per heavy atom. The molecule has 1 saturated heterocycles. The van der Waals surface area contributed by atoms with Crippen LogP contribution < -0.4 is 20.7 Å². The van der Waals surface area contributed by atoms with Crippen molar-refractivity contribution >= 4 is 23.2 Å². The monoisotopic (exact) mass is 426 g/mol. The number of likely N-dealkylation sites (tertiary alicyclic amines) is 1. The Labute approximate surface area is 182 Å². The number of nitrogens with zero attached hydrogens (tertiary/aromatic N) is 4. The minimum Gasteiger partial charge on any atom is -0.463 e. The van der Waals surface area contributed by atoms with E-state index in [9.17, 15) is 9.90 Å². The molecule has 4 rings (SSSR count). The van der Waals surface area contributed by atoms with E-state index in [1.807, 2.05) is 17.0 Å². The number of nitrogens with one attached hydrogen (secondary N) is 1. The lowest BCUT2D eigenvalue weighted by Gasteiger charge is -2.30. The Morgan fingerprint density at radius 2 is 2.10 bits per heavy atom. The minimum atomic E-state index is -0.231. The van der Waals surface area contributed by atoms with Crippen LogP contribution in [0.5, 0.6) is 6.01 Å². The van der Waals surface area contributed by atoms with Gasteiger partial charge >= 0.3 is 6.01 Å². The summed E-state index contributed by atoms with van der Waals surface area (Å²) in [4.78, 5) is 25.2. The summed E-state index contributed by atoms with van der Waals surface area (Å²) in [6.45, 7) is 5.72. The number of carbonyl (C=O) groups is 1. The molecule has 0 spiro atoms. The number of unbranched alkanes of at least 4 members (excludes halogenated alkanes) is 1. The molecule has 31 heavy (non-hydrogen) atoms. The maximum absolute atomic E-state index is 12.3. The molecule has 1 aromatic heterocycles. The number of aliphatic hydroxyl groups excluding tert-OH is 1. The molecule has 0 bridgehead atoms. The van der Waals surface area contributed by atoms with Crippen molar-refractivity contribution in [2.24, 2.45) is 0 Å². The van der Waals surface area contributed by atoms with E-state index in [4.69, 9.17) is 10.5 Å². The summed E-state index contributed by atoms with van der Waals surface area (Å²) in [7, 11) is 0. The van der Waals surface area contributed by atoms with Gasteiger partial charge < -0.3 is 25.8 Å². The van der Waals surface area contributed by atoms with E-state index in [0.29, 0.717) is 31.2 Å². The summed E-state index contributed by atoms with van der Waals surface area (Å²) < 4.78 is 5.65. The zero-order chi connectivity index (χ0) is 21.8. The molecule has 0 radical (unpaired) electrons. The van der Waals surface area contributed by atoms with Crippen LogP contribution in [-0.2, 0) is 17.9 Å². The Morgan fingerprint density at radius 3 is 2.84 bits per heavy atom. The van der Waals surface area contributed by atoms with Gasteiger partial charge in [0.1, 0.15) is 5.69 Å². The fourth-order valence-electron chi connectivity index (χ4n) is 3.98. The van der Waals surface area contributed by atoms with Gasteiger partial charge in [-0.05, 0) is 24.0 Å². The number of benzene rings is 1. The predicted molar refractivity (Wildman–Crippen MR) is 119 cm³/mol. The van der Waals surface area contributed by atoms with Crippen molar-refractivity contribution in [3.8, 4) is 6.01 Å². The van der Waals surface area contributed by atoms with E-state index in [1.54, 1.807) is 0 Å². The van der Waals surface area contributed by atoms with Gasteiger partial charge in [0.25, 0.3) is 0 Å². The molecule has 166 valence electrons. The van der Waals surface area contributed by atoms with Crippen LogP contribution >= 0.6 is 0 Å². The Kier molecular flexibility index (Phi) is 6.53. The number of amides is 1. The first-order valence-corrected chi connectivity index (χ1v) is 10.8. The molecule has 2 aliphatic heterocycles. The topological polar surface area (TPSA) is 117 Å². The lowest BCUT2D eigenvalue weighted by atomic mass is 10.1. The van der Waals surface area contributed by atoms with Gasteiger partial charge in [0.15, 0.2) is 11.6 Å². The predicted octanol–water partition coefficient (Wildman–Crippen LogP) is 1.76. The van der Waals surface area contributed by atoms with Crippen molar-refractivity contribution in [2.75, 3.05) is 42.2 Å². The van der Waals surface area contributed by atoms with Crippen LogP contribution in [0.1, 0.15) is 37.3 Å². The molecule has 9 nitrogen and oxygen atoms in total. The van der Waals surface area contributed by atoms with E-state index in [-0.39, 0.29) is 30.4 Å². The van der Waals surface area contributed by atoms with Crippen molar-refractivity contribution in [2.45, 2.75) is 45.4 Å². The van der Waals surface area contributed by atoms with Crippen molar-refractivity contribution in [1.82, 2.24) is 14.9 Å². The van der Waals surface area contributed by atoms with E-state index >= 15 is 0 Å². The number of hydrogen-bond acceptors (Lipinski definition) is 8. The second-order valence-electron chi connectivity index (χ2n) is 8.19. The number of ether oxygens (including phenoxy) is 1. The number of hydrogen-bond donors (Lipinski definition) is 3. The molecule has 1 aromatic carbocycles. The number of β-amino-alcohol motifs (C(OH)–C–C–N with tert-alkyl or cyclic N) is 1. The average molecular weight is 427 g/mol. The molecule has 3 heterocycles. The molecule has 1 atom stereocenters. The normalized spacial score (nSPS) is 18.7. The molecule has 2 aromatic rings. The molecular weight excluding hydrogens is 396 g/mol. The zero-order valence-corrected chi connectivity index (χ0v) is 17.9. The molecule has 4 N–H and O–H groups in total. The summed E-state index contributed by atoms with van der Waals surface area (Å²) in [5.74, 6) is 0.632. The Bertz CT molecular complexity index is 937. The molecular formula is C22H30N6O3. The number of aliphatic hydroxyl groups is 1. The summed E-state index contributed by atoms with van der Waals surface area (Å²) in [5, 5.41) is 12.5. The maximum Gasteiger partial charge on any atom is 0.320 e. The van der Waals surface area contributed by atoms with Crippen LogP contribution in [0.2, 0.25) is 0 Å². The summed E-state index contributed by atoms with van der Waals surface area (Å²) in [6, 6.07) is 8.52. The smallest absolute Gasteiger partial charge is 0.320 e. The van der Waals surface area contributed by atoms with Crippen molar-refractivity contribution in [3.63, 3.8) is 0 Å². The number of nitrogens with two attached hydrogens (primary N) is 1.